The topological polar surface area (TPSA) is 21.3 Å². The fourth-order valence-electron chi connectivity index (χ4n) is 2.13. The molecule has 1 N–H and O–H groups in total. The van der Waals surface area contributed by atoms with Gasteiger partial charge >= 0.3 is 0 Å². The average Bonchev–Trinajstić information content (AvgIpc) is 3.22. The fraction of sp³-hybridized carbons (Fsp3) is 0.294. The molecule has 110 valence electrons. The molecule has 2 aromatic rings. The normalized spacial score (nSPS) is 14.2. The number of ether oxygens (including phenoxy) is 1. The second kappa shape index (κ2) is 6.16. The average molecular weight is 350 g/mol. The monoisotopic (exact) mass is 349 g/mol. The summed E-state index contributed by atoms with van der Waals surface area (Å²) in [5.41, 5.74) is 2.21. The predicted octanol–water partition coefficient (Wildman–Crippen LogP) is 4.94. The molecule has 0 amide bonds. The zero-order valence-electron chi connectivity index (χ0n) is 11.8. The van der Waals surface area contributed by atoms with E-state index in [2.05, 4.69) is 27.3 Å². The van der Waals surface area contributed by atoms with E-state index in [9.17, 15) is 4.39 Å². The van der Waals surface area contributed by atoms with Gasteiger partial charge in [0.15, 0.2) is 0 Å². The van der Waals surface area contributed by atoms with E-state index in [1.807, 2.05) is 19.1 Å². The first-order valence-electron chi connectivity index (χ1n) is 7.07. The Labute approximate surface area is 132 Å². The number of nitrogens with one attached hydrogen (secondary N) is 1. The third kappa shape index (κ3) is 4.05. The van der Waals surface area contributed by atoms with E-state index >= 15 is 0 Å². The molecule has 0 atom stereocenters. The molecule has 2 nitrogen and oxygen atoms in total. The molecular weight excluding hydrogens is 333 g/mol. The molecule has 2 aromatic carbocycles. The van der Waals surface area contributed by atoms with Crippen LogP contribution in [0.25, 0.3) is 0 Å². The minimum atomic E-state index is -0.316. The Hall–Kier alpha value is -1.39. The number of benzene rings is 2. The summed E-state index contributed by atoms with van der Waals surface area (Å²) in [6, 6.07) is 11.4. The maximum Gasteiger partial charge on any atom is 0.131 e. The van der Waals surface area contributed by atoms with Crippen molar-refractivity contribution in [3.8, 4) is 11.5 Å². The third-order valence-corrected chi connectivity index (χ3v) is 3.95. The van der Waals surface area contributed by atoms with Gasteiger partial charge in [0.25, 0.3) is 0 Å². The van der Waals surface area contributed by atoms with Crippen LogP contribution in [0.3, 0.4) is 0 Å². The Morgan fingerprint density at radius 3 is 2.76 bits per heavy atom. The lowest BCUT2D eigenvalue weighted by atomic mass is 10.1. The number of halogens is 2. The lowest BCUT2D eigenvalue weighted by Gasteiger charge is -2.12. The van der Waals surface area contributed by atoms with E-state index in [1.165, 1.54) is 30.5 Å². The van der Waals surface area contributed by atoms with Gasteiger partial charge in [0.2, 0.25) is 0 Å². The molecule has 1 saturated carbocycles. The number of aryl methyl sites for hydroxylation is 1. The van der Waals surface area contributed by atoms with Gasteiger partial charge in [-0.15, -0.1) is 0 Å². The number of hydrogen-bond acceptors (Lipinski definition) is 2. The molecule has 1 aliphatic carbocycles. The number of hydrogen-bond donors (Lipinski definition) is 1. The molecular formula is C17H17BrFNO. The summed E-state index contributed by atoms with van der Waals surface area (Å²) < 4.78 is 19.9. The van der Waals surface area contributed by atoms with Crippen molar-refractivity contribution < 1.29 is 9.13 Å². The van der Waals surface area contributed by atoms with Crippen molar-refractivity contribution in [2.45, 2.75) is 32.4 Å². The summed E-state index contributed by atoms with van der Waals surface area (Å²) in [6.07, 6.45) is 2.54. The fourth-order valence-corrected chi connectivity index (χ4v) is 2.57. The lowest BCUT2D eigenvalue weighted by molar-refractivity contribution is 0.471. The van der Waals surface area contributed by atoms with Crippen LogP contribution in [0.1, 0.15) is 24.0 Å². The summed E-state index contributed by atoms with van der Waals surface area (Å²) >= 11 is 3.28. The molecule has 21 heavy (non-hydrogen) atoms. The standard InChI is InChI=1S/C17H17BrFNO/c1-11-2-3-12(10-20-15-4-5-15)6-17(11)21-16-8-13(18)7-14(19)9-16/h2-3,6-9,15,20H,4-5,10H2,1H3. The predicted molar refractivity (Wildman–Crippen MR) is 85.2 cm³/mol. The summed E-state index contributed by atoms with van der Waals surface area (Å²) in [4.78, 5) is 0. The van der Waals surface area contributed by atoms with E-state index < -0.39 is 0 Å². The quantitative estimate of drug-likeness (QED) is 0.825. The number of rotatable bonds is 5. The van der Waals surface area contributed by atoms with Crippen LogP contribution in [0.2, 0.25) is 0 Å². The van der Waals surface area contributed by atoms with E-state index in [4.69, 9.17) is 4.74 Å². The zero-order chi connectivity index (χ0) is 14.8. The Morgan fingerprint density at radius 1 is 1.24 bits per heavy atom. The van der Waals surface area contributed by atoms with Crippen LogP contribution < -0.4 is 10.1 Å². The molecule has 0 heterocycles. The first-order chi connectivity index (χ1) is 10.1. The van der Waals surface area contributed by atoms with Crippen LogP contribution in [0, 0.1) is 12.7 Å². The van der Waals surface area contributed by atoms with Crippen LogP contribution in [-0.2, 0) is 6.54 Å². The van der Waals surface area contributed by atoms with Gasteiger partial charge in [-0.25, -0.2) is 4.39 Å². The zero-order valence-corrected chi connectivity index (χ0v) is 13.4. The van der Waals surface area contributed by atoms with Crippen LogP contribution in [0.15, 0.2) is 40.9 Å². The van der Waals surface area contributed by atoms with Crippen molar-refractivity contribution in [1.29, 1.82) is 0 Å². The van der Waals surface area contributed by atoms with Gasteiger partial charge in [0.05, 0.1) is 0 Å². The van der Waals surface area contributed by atoms with Crippen molar-refractivity contribution in [2.24, 2.45) is 0 Å². The highest BCUT2D eigenvalue weighted by Gasteiger charge is 2.20. The Morgan fingerprint density at radius 2 is 2.05 bits per heavy atom. The summed E-state index contributed by atoms with van der Waals surface area (Å²) in [6.45, 7) is 2.83. The molecule has 0 unspecified atom stereocenters. The summed E-state index contributed by atoms with van der Waals surface area (Å²) in [5.74, 6) is 0.948. The minimum absolute atomic E-state index is 0.316. The molecule has 1 fully saturated rings. The van der Waals surface area contributed by atoms with Crippen LogP contribution in [0.4, 0.5) is 4.39 Å². The second-order valence-electron chi connectivity index (χ2n) is 5.46. The van der Waals surface area contributed by atoms with Crippen molar-refractivity contribution in [1.82, 2.24) is 5.32 Å². The molecule has 0 aliphatic heterocycles. The molecule has 1 aliphatic rings. The lowest BCUT2D eigenvalue weighted by Crippen LogP contribution is -2.15. The van der Waals surface area contributed by atoms with Gasteiger partial charge in [0.1, 0.15) is 17.3 Å². The Bertz CT molecular complexity index is 635. The molecule has 0 spiro atoms. The summed E-state index contributed by atoms with van der Waals surface area (Å²) in [5, 5.41) is 3.48. The molecule has 0 saturated heterocycles. The highest BCUT2D eigenvalue weighted by molar-refractivity contribution is 9.10. The maximum absolute atomic E-state index is 13.4. The first-order valence-corrected chi connectivity index (χ1v) is 7.86. The SMILES string of the molecule is Cc1ccc(CNC2CC2)cc1Oc1cc(F)cc(Br)c1. The van der Waals surface area contributed by atoms with Gasteiger partial charge in [-0.3, -0.25) is 0 Å². The smallest absolute Gasteiger partial charge is 0.131 e. The van der Waals surface area contributed by atoms with Crippen LogP contribution in [-0.4, -0.2) is 6.04 Å². The van der Waals surface area contributed by atoms with Crippen molar-refractivity contribution in [3.05, 3.63) is 57.8 Å². The second-order valence-corrected chi connectivity index (χ2v) is 6.38. The summed E-state index contributed by atoms with van der Waals surface area (Å²) in [7, 11) is 0. The van der Waals surface area contributed by atoms with Crippen molar-refractivity contribution in [3.63, 3.8) is 0 Å². The van der Waals surface area contributed by atoms with E-state index in [1.54, 1.807) is 6.07 Å². The molecule has 0 bridgehead atoms. The highest BCUT2D eigenvalue weighted by Crippen LogP contribution is 2.29. The molecule has 4 heteroatoms. The minimum Gasteiger partial charge on any atom is -0.457 e. The van der Waals surface area contributed by atoms with Gasteiger partial charge < -0.3 is 10.1 Å². The van der Waals surface area contributed by atoms with Gasteiger partial charge in [-0.2, -0.15) is 0 Å². The van der Waals surface area contributed by atoms with Crippen molar-refractivity contribution >= 4 is 15.9 Å². The highest BCUT2D eigenvalue weighted by atomic mass is 79.9. The van der Waals surface area contributed by atoms with E-state index in [0.29, 0.717) is 16.3 Å². The van der Waals surface area contributed by atoms with E-state index in [-0.39, 0.29) is 5.82 Å². The van der Waals surface area contributed by atoms with Crippen LogP contribution in [0.5, 0.6) is 11.5 Å². The first kappa shape index (κ1) is 14.5. The van der Waals surface area contributed by atoms with Crippen molar-refractivity contribution in [2.75, 3.05) is 0 Å². The van der Waals surface area contributed by atoms with Gasteiger partial charge in [0, 0.05) is 23.1 Å². The third-order valence-electron chi connectivity index (χ3n) is 3.49. The largest absolute Gasteiger partial charge is 0.457 e. The Balaban J connectivity index is 1.77. The van der Waals surface area contributed by atoms with Gasteiger partial charge in [-0.05, 0) is 49.1 Å². The molecule has 3 rings (SSSR count). The molecule has 0 aromatic heterocycles. The van der Waals surface area contributed by atoms with E-state index in [0.717, 1.165) is 17.9 Å². The van der Waals surface area contributed by atoms with Gasteiger partial charge in [-0.1, -0.05) is 28.1 Å². The van der Waals surface area contributed by atoms with Crippen LogP contribution >= 0.6 is 15.9 Å². The Kier molecular flexibility index (Phi) is 4.27. The molecule has 0 radical (unpaired) electrons. The maximum atomic E-state index is 13.4.